The number of nitrogens with zero attached hydrogens (tertiary/aromatic N) is 1. The summed E-state index contributed by atoms with van der Waals surface area (Å²) in [5, 5.41) is 14.1. The van der Waals surface area contributed by atoms with Gasteiger partial charge in [-0.2, -0.15) is 0 Å². The molecule has 0 fully saturated rings. The minimum atomic E-state index is -3.53. The Hall–Kier alpha value is -2.61. The van der Waals surface area contributed by atoms with Crippen LogP contribution in [-0.4, -0.2) is 25.8 Å². The van der Waals surface area contributed by atoms with Gasteiger partial charge in [0.2, 0.25) is 0 Å². The van der Waals surface area contributed by atoms with Gasteiger partial charge in [-0.3, -0.25) is 13.9 Å². The maximum absolute atomic E-state index is 13.8. The first kappa shape index (κ1) is 20.7. The lowest BCUT2D eigenvalue weighted by Crippen LogP contribution is -2.42. The van der Waals surface area contributed by atoms with Crippen molar-refractivity contribution < 1.29 is 19.0 Å². The van der Waals surface area contributed by atoms with Crippen LogP contribution in [0, 0.1) is 12.0 Å². The molecule has 1 atom stereocenters. The zero-order chi connectivity index (χ0) is 21.7. The van der Waals surface area contributed by atoms with Gasteiger partial charge in [0.25, 0.3) is 0 Å². The summed E-state index contributed by atoms with van der Waals surface area (Å²) in [7, 11) is -3.53. The van der Waals surface area contributed by atoms with Gasteiger partial charge >= 0.3 is 0 Å². The van der Waals surface area contributed by atoms with Crippen molar-refractivity contribution in [2.45, 2.75) is 43.9 Å². The Balaban J connectivity index is 1.88. The predicted molar refractivity (Wildman–Crippen MR) is 120 cm³/mol. The van der Waals surface area contributed by atoms with Crippen LogP contribution < -0.4 is 5.32 Å². The molecule has 1 radical (unpaired) electrons. The summed E-state index contributed by atoms with van der Waals surface area (Å²) in [5.74, 6) is -0.108. The fourth-order valence-electron chi connectivity index (χ4n) is 4.04. The van der Waals surface area contributed by atoms with Gasteiger partial charge in [-0.1, -0.05) is 55.0 Å². The van der Waals surface area contributed by atoms with Gasteiger partial charge in [-0.15, -0.1) is 4.40 Å². The van der Waals surface area contributed by atoms with E-state index >= 15 is 0 Å². The molecular weight excluding hydrogens is 400 g/mol. The molecule has 2 aromatic carbocycles. The molecule has 1 aliphatic heterocycles. The lowest BCUT2D eigenvalue weighted by Gasteiger charge is -2.39. The number of rotatable bonds is 4. The van der Waals surface area contributed by atoms with E-state index in [0.717, 1.165) is 12.0 Å². The zero-order valence-electron chi connectivity index (χ0n) is 17.1. The van der Waals surface area contributed by atoms with E-state index in [-0.39, 0.29) is 27.8 Å². The first-order valence-corrected chi connectivity index (χ1v) is 11.4. The molecule has 0 aromatic heterocycles. The summed E-state index contributed by atoms with van der Waals surface area (Å²) < 4.78 is 25.2. The van der Waals surface area contributed by atoms with E-state index in [1.165, 1.54) is 6.07 Å². The van der Waals surface area contributed by atoms with E-state index in [4.69, 9.17) is 0 Å². The van der Waals surface area contributed by atoms with Crippen molar-refractivity contribution in [3.63, 3.8) is 0 Å². The van der Waals surface area contributed by atoms with Crippen LogP contribution in [0.25, 0.3) is 5.76 Å². The quantitative estimate of drug-likeness (QED) is 0.512. The average Bonchev–Trinajstić information content (AvgIpc) is 2.71. The molecule has 1 unspecified atom stereocenters. The number of aliphatic hydroxyl groups is 1. The molecule has 0 saturated carbocycles. The van der Waals surface area contributed by atoms with Crippen molar-refractivity contribution in [1.29, 1.82) is 0 Å². The standard InChI is InChI=1S/C23H25N2O4S/c1-14(2)12-13-23(3)16-9-5-4-8-15(16)20(26)19(21(23)27)22-24-17-10-6-7-11-18(17)30(28,29)25-22/h4-6,8-11,14,26,28-29H,12-13H2,1-3H3,(H,24,25). The Bertz CT molecular complexity index is 1090. The maximum Gasteiger partial charge on any atom is 0.180 e. The van der Waals surface area contributed by atoms with Crippen LogP contribution >= 0.6 is 10.8 Å². The first-order valence-electron chi connectivity index (χ1n) is 9.89. The lowest BCUT2D eigenvalue weighted by molar-refractivity contribution is -0.120. The number of carbonyl (C=O) groups is 1. The second-order valence-corrected chi connectivity index (χ2v) is 10.0. The van der Waals surface area contributed by atoms with Crippen molar-refractivity contribution >= 4 is 33.8 Å². The van der Waals surface area contributed by atoms with Crippen molar-refractivity contribution in [3.8, 4) is 0 Å². The largest absolute Gasteiger partial charge is 0.506 e. The molecule has 2 aromatic rings. The smallest absolute Gasteiger partial charge is 0.180 e. The number of hydrogen-bond acceptors (Lipinski definition) is 6. The van der Waals surface area contributed by atoms with E-state index in [1.807, 2.05) is 19.1 Å². The molecule has 4 rings (SSSR count). The Morgan fingerprint density at radius 1 is 1.23 bits per heavy atom. The molecule has 1 heterocycles. The van der Waals surface area contributed by atoms with Crippen LogP contribution in [0.3, 0.4) is 0 Å². The molecule has 0 saturated heterocycles. The van der Waals surface area contributed by atoms with Gasteiger partial charge < -0.3 is 10.4 Å². The number of anilines is 1. The molecule has 2 aliphatic rings. The van der Waals surface area contributed by atoms with Crippen LogP contribution in [-0.2, 0) is 10.2 Å². The maximum atomic E-state index is 13.8. The minimum absolute atomic E-state index is 0.0154. The van der Waals surface area contributed by atoms with Crippen LogP contribution in [0.5, 0.6) is 0 Å². The summed E-state index contributed by atoms with van der Waals surface area (Å²) in [5.41, 5.74) is 0.884. The second kappa shape index (κ2) is 7.27. The van der Waals surface area contributed by atoms with E-state index in [0.29, 0.717) is 23.6 Å². The fourth-order valence-corrected chi connectivity index (χ4v) is 5.17. The monoisotopic (exact) mass is 425 g/mol. The lowest BCUT2D eigenvalue weighted by atomic mass is 9.66. The number of carbonyl (C=O) groups excluding carboxylic acids is 1. The molecular formula is C23H25N2O4S. The highest BCUT2D eigenvalue weighted by Gasteiger charge is 2.46. The molecule has 30 heavy (non-hydrogen) atoms. The predicted octanol–water partition coefficient (Wildman–Crippen LogP) is 5.58. The highest BCUT2D eigenvalue weighted by molar-refractivity contribution is 8.23. The van der Waals surface area contributed by atoms with E-state index < -0.39 is 16.2 Å². The van der Waals surface area contributed by atoms with Gasteiger partial charge in [-0.05, 0) is 49.4 Å². The number of nitrogens with one attached hydrogen (secondary N) is 1. The molecule has 157 valence electrons. The van der Waals surface area contributed by atoms with Crippen LogP contribution in [0.15, 0.2) is 57.3 Å². The summed E-state index contributed by atoms with van der Waals surface area (Å²) in [4.78, 5) is 14.0. The Kier molecular flexibility index (Phi) is 5.00. The Labute approximate surface area is 177 Å². The number of Topliss-reactive ketones (excluding diaryl/α,β-unsaturated/α-hetero) is 1. The summed E-state index contributed by atoms with van der Waals surface area (Å²) in [6.45, 7) is 6.09. The molecule has 0 amide bonds. The normalized spacial score (nSPS) is 23.4. The van der Waals surface area contributed by atoms with Gasteiger partial charge in [0.15, 0.2) is 11.6 Å². The van der Waals surface area contributed by atoms with Gasteiger partial charge in [0.05, 0.1) is 11.1 Å². The van der Waals surface area contributed by atoms with E-state index in [1.54, 1.807) is 24.3 Å². The van der Waals surface area contributed by atoms with Crippen LogP contribution in [0.1, 0.15) is 44.7 Å². The third-order valence-corrected chi connectivity index (χ3v) is 7.16. The van der Waals surface area contributed by atoms with E-state index in [9.17, 15) is 19.0 Å². The van der Waals surface area contributed by atoms with Gasteiger partial charge in [-0.25, -0.2) is 0 Å². The summed E-state index contributed by atoms with van der Waals surface area (Å²) in [6.07, 6.45) is 1.44. The van der Waals surface area contributed by atoms with Crippen molar-refractivity contribution in [1.82, 2.24) is 0 Å². The summed E-state index contributed by atoms with van der Waals surface area (Å²) in [6, 6.07) is 14.8. The molecule has 4 N–H and O–H groups in total. The number of aliphatic hydroxyl groups excluding tert-OH is 1. The van der Waals surface area contributed by atoms with Crippen LogP contribution in [0.4, 0.5) is 5.69 Å². The molecule has 6 nitrogen and oxygen atoms in total. The minimum Gasteiger partial charge on any atom is -0.506 e. The molecule has 0 spiro atoms. The number of fused-ring (bicyclic) bond motifs is 2. The number of benzene rings is 2. The highest BCUT2D eigenvalue weighted by Crippen LogP contribution is 2.56. The topological polar surface area (TPSA) is 102 Å². The third-order valence-electron chi connectivity index (χ3n) is 5.79. The van der Waals surface area contributed by atoms with Gasteiger partial charge in [0.1, 0.15) is 16.2 Å². The van der Waals surface area contributed by atoms with Crippen molar-refractivity contribution in [3.05, 3.63) is 65.2 Å². The molecule has 0 bridgehead atoms. The third kappa shape index (κ3) is 3.23. The Morgan fingerprint density at radius 3 is 2.70 bits per heavy atom. The molecule has 1 aliphatic carbocycles. The number of amidine groups is 1. The zero-order valence-corrected chi connectivity index (χ0v) is 18.0. The highest BCUT2D eigenvalue weighted by atomic mass is 32.3. The van der Waals surface area contributed by atoms with Gasteiger partial charge in [0, 0.05) is 5.56 Å². The second-order valence-electron chi connectivity index (χ2n) is 8.37. The first-order chi connectivity index (χ1) is 14.1. The Morgan fingerprint density at radius 2 is 1.97 bits per heavy atom. The summed E-state index contributed by atoms with van der Waals surface area (Å²) >= 11 is 0. The SMILES string of the molecule is CC(C)CCC1(C)C(=O)C(C2=NS(O)(O)c3c[c]ccc3N2)=C(O)c2ccccc21. The molecule has 7 heteroatoms. The van der Waals surface area contributed by atoms with Crippen LogP contribution in [0.2, 0.25) is 0 Å². The van der Waals surface area contributed by atoms with Crippen molar-refractivity contribution in [2.75, 3.05) is 5.32 Å². The number of hydrogen-bond donors (Lipinski definition) is 4. The number of ketones is 1. The fraction of sp³-hybridized carbons (Fsp3) is 0.304. The van der Waals surface area contributed by atoms with E-state index in [2.05, 4.69) is 29.6 Å². The average molecular weight is 426 g/mol. The van der Waals surface area contributed by atoms with Crippen molar-refractivity contribution in [2.24, 2.45) is 10.3 Å².